The Morgan fingerprint density at radius 2 is 2.25 bits per heavy atom. The van der Waals surface area contributed by atoms with Crippen LogP contribution in [-0.4, -0.2) is 33.1 Å². The molecule has 0 spiro atoms. The molecule has 1 heterocycles. The number of nitrogens with zero attached hydrogens (tertiary/aromatic N) is 2. The molecule has 1 rings (SSSR count). The molecular formula is C9H13N3O3S. The number of carboxylic acid groups (broad SMARTS) is 1. The highest BCUT2D eigenvalue weighted by Crippen LogP contribution is 2.09. The van der Waals surface area contributed by atoms with Crippen LogP contribution in [0.15, 0.2) is 0 Å². The van der Waals surface area contributed by atoms with Crippen LogP contribution in [-0.2, 0) is 4.79 Å². The van der Waals surface area contributed by atoms with Gasteiger partial charge in [-0.1, -0.05) is 11.4 Å². The number of carbonyl (C=O) groups is 2. The van der Waals surface area contributed by atoms with Crippen molar-refractivity contribution < 1.29 is 14.7 Å². The quantitative estimate of drug-likeness (QED) is 0.793. The second-order valence-corrected chi connectivity index (χ2v) is 4.10. The van der Waals surface area contributed by atoms with Crippen LogP contribution in [0, 0.1) is 12.8 Å². The largest absolute Gasteiger partial charge is 0.481 e. The van der Waals surface area contributed by atoms with Gasteiger partial charge in [0.25, 0.3) is 5.91 Å². The predicted octanol–water partition coefficient (Wildman–Crippen LogP) is 0.687. The average molecular weight is 243 g/mol. The van der Waals surface area contributed by atoms with Gasteiger partial charge in [-0.2, -0.15) is 0 Å². The van der Waals surface area contributed by atoms with Crippen LogP contribution in [0.5, 0.6) is 0 Å². The minimum atomic E-state index is -0.901. The molecule has 1 aromatic rings. The van der Waals surface area contributed by atoms with E-state index in [1.807, 2.05) is 0 Å². The number of aromatic nitrogens is 2. The van der Waals surface area contributed by atoms with E-state index in [2.05, 4.69) is 14.9 Å². The van der Waals surface area contributed by atoms with Crippen LogP contribution in [0.25, 0.3) is 0 Å². The Kier molecular flexibility index (Phi) is 4.36. The molecule has 1 atom stereocenters. The van der Waals surface area contributed by atoms with Gasteiger partial charge < -0.3 is 10.4 Å². The zero-order valence-corrected chi connectivity index (χ0v) is 9.87. The van der Waals surface area contributed by atoms with Crippen molar-refractivity contribution in [2.24, 2.45) is 5.92 Å². The van der Waals surface area contributed by atoms with Gasteiger partial charge in [-0.05, 0) is 24.9 Å². The van der Waals surface area contributed by atoms with E-state index in [0.717, 1.165) is 11.5 Å². The molecule has 0 aromatic carbocycles. The first kappa shape index (κ1) is 12.6. The van der Waals surface area contributed by atoms with Crippen LogP contribution in [0.4, 0.5) is 0 Å². The number of carbonyl (C=O) groups excluding carboxylic acids is 1. The van der Waals surface area contributed by atoms with Crippen LogP contribution < -0.4 is 5.32 Å². The Balaban J connectivity index is 2.53. The molecule has 0 radical (unpaired) electrons. The number of aliphatic carboxylic acids is 1. The molecule has 0 aliphatic heterocycles. The highest BCUT2D eigenvalue weighted by Gasteiger charge is 2.18. The van der Waals surface area contributed by atoms with Gasteiger partial charge in [0.05, 0.1) is 11.6 Å². The Morgan fingerprint density at radius 1 is 1.56 bits per heavy atom. The molecule has 1 unspecified atom stereocenters. The van der Waals surface area contributed by atoms with Crippen molar-refractivity contribution in [2.45, 2.75) is 20.3 Å². The molecule has 0 aliphatic rings. The zero-order valence-electron chi connectivity index (χ0n) is 9.06. The number of hydrogen-bond acceptors (Lipinski definition) is 5. The van der Waals surface area contributed by atoms with E-state index in [1.54, 1.807) is 13.8 Å². The van der Waals surface area contributed by atoms with Crippen LogP contribution in [0.2, 0.25) is 0 Å². The molecule has 0 saturated carbocycles. The number of amides is 1. The second kappa shape index (κ2) is 5.55. The molecule has 0 fully saturated rings. The van der Waals surface area contributed by atoms with Gasteiger partial charge in [0.1, 0.15) is 4.88 Å². The van der Waals surface area contributed by atoms with Gasteiger partial charge in [0.2, 0.25) is 0 Å². The summed E-state index contributed by atoms with van der Waals surface area (Å²) < 4.78 is 3.64. The first-order valence-corrected chi connectivity index (χ1v) is 5.63. The summed E-state index contributed by atoms with van der Waals surface area (Å²) >= 11 is 1.00. The monoisotopic (exact) mass is 243 g/mol. The molecule has 1 aromatic heterocycles. The summed E-state index contributed by atoms with van der Waals surface area (Å²) in [4.78, 5) is 22.7. The van der Waals surface area contributed by atoms with Gasteiger partial charge in [-0.15, -0.1) is 5.10 Å². The van der Waals surface area contributed by atoms with Crippen molar-refractivity contribution in [3.05, 3.63) is 10.6 Å². The fraction of sp³-hybridized carbons (Fsp3) is 0.556. The summed E-state index contributed by atoms with van der Waals surface area (Å²) in [5.74, 6) is -1.76. The highest BCUT2D eigenvalue weighted by molar-refractivity contribution is 7.07. The maximum absolute atomic E-state index is 11.6. The molecule has 7 heteroatoms. The minimum Gasteiger partial charge on any atom is -0.481 e. The van der Waals surface area contributed by atoms with Gasteiger partial charge in [0, 0.05) is 6.54 Å². The number of rotatable bonds is 5. The zero-order chi connectivity index (χ0) is 12.1. The molecule has 0 bridgehead atoms. The summed E-state index contributed by atoms with van der Waals surface area (Å²) in [6, 6.07) is 0. The van der Waals surface area contributed by atoms with Crippen molar-refractivity contribution in [2.75, 3.05) is 6.54 Å². The minimum absolute atomic E-state index is 0.127. The smallest absolute Gasteiger partial charge is 0.308 e. The van der Waals surface area contributed by atoms with E-state index in [-0.39, 0.29) is 12.5 Å². The molecule has 1 amide bonds. The Labute approximate surface area is 96.8 Å². The molecule has 88 valence electrons. The van der Waals surface area contributed by atoms with Crippen molar-refractivity contribution in [3.63, 3.8) is 0 Å². The van der Waals surface area contributed by atoms with Gasteiger partial charge in [-0.25, -0.2) is 0 Å². The fourth-order valence-electron chi connectivity index (χ4n) is 1.14. The predicted molar refractivity (Wildman–Crippen MR) is 58.4 cm³/mol. The third-order valence-electron chi connectivity index (χ3n) is 2.21. The maximum atomic E-state index is 11.6. The van der Waals surface area contributed by atoms with Crippen LogP contribution >= 0.6 is 11.5 Å². The van der Waals surface area contributed by atoms with Crippen molar-refractivity contribution >= 4 is 23.4 Å². The summed E-state index contributed by atoms with van der Waals surface area (Å²) in [7, 11) is 0. The first-order chi connectivity index (χ1) is 7.56. The van der Waals surface area contributed by atoms with Crippen molar-refractivity contribution in [1.29, 1.82) is 0 Å². The molecule has 0 aliphatic carbocycles. The number of aryl methyl sites for hydroxylation is 1. The van der Waals surface area contributed by atoms with Crippen molar-refractivity contribution in [1.82, 2.24) is 14.9 Å². The lowest BCUT2D eigenvalue weighted by molar-refractivity contribution is -0.141. The van der Waals surface area contributed by atoms with Crippen LogP contribution in [0.1, 0.15) is 28.7 Å². The standard InChI is InChI=1S/C9H13N3O3S/c1-3-6(9(14)15)4-10-8(13)7-5(2)11-12-16-7/h6H,3-4H2,1-2H3,(H,10,13)(H,14,15). The third-order valence-corrected chi connectivity index (χ3v) is 3.04. The topological polar surface area (TPSA) is 92.2 Å². The van der Waals surface area contributed by atoms with Gasteiger partial charge in [0.15, 0.2) is 0 Å². The van der Waals surface area contributed by atoms with E-state index in [1.165, 1.54) is 0 Å². The number of nitrogens with one attached hydrogen (secondary N) is 1. The number of carboxylic acids is 1. The third kappa shape index (κ3) is 2.99. The summed E-state index contributed by atoms with van der Waals surface area (Å²) in [5.41, 5.74) is 0.561. The van der Waals surface area contributed by atoms with Gasteiger partial charge >= 0.3 is 5.97 Å². The van der Waals surface area contributed by atoms with E-state index in [4.69, 9.17) is 5.11 Å². The molecule has 2 N–H and O–H groups in total. The highest BCUT2D eigenvalue weighted by atomic mass is 32.1. The first-order valence-electron chi connectivity index (χ1n) is 4.86. The molecule has 0 saturated heterocycles. The summed E-state index contributed by atoms with van der Waals surface area (Å²) in [6.45, 7) is 3.58. The maximum Gasteiger partial charge on any atom is 0.308 e. The normalized spacial score (nSPS) is 12.1. The lowest BCUT2D eigenvalue weighted by atomic mass is 10.1. The molecule has 6 nitrogen and oxygen atoms in total. The van der Waals surface area contributed by atoms with Gasteiger partial charge in [-0.3, -0.25) is 9.59 Å². The lowest BCUT2D eigenvalue weighted by Crippen LogP contribution is -2.32. The Morgan fingerprint density at radius 3 is 2.69 bits per heavy atom. The van der Waals surface area contributed by atoms with Crippen molar-refractivity contribution in [3.8, 4) is 0 Å². The fourth-order valence-corrected chi connectivity index (χ4v) is 1.72. The Hall–Kier alpha value is -1.50. The Bertz CT molecular complexity index is 391. The second-order valence-electron chi connectivity index (χ2n) is 3.34. The molecular weight excluding hydrogens is 230 g/mol. The average Bonchev–Trinajstić information content (AvgIpc) is 2.64. The van der Waals surface area contributed by atoms with E-state index in [9.17, 15) is 9.59 Å². The summed E-state index contributed by atoms with van der Waals surface area (Å²) in [5, 5.41) is 15.1. The lowest BCUT2D eigenvalue weighted by Gasteiger charge is -2.10. The summed E-state index contributed by atoms with van der Waals surface area (Å²) in [6.07, 6.45) is 0.482. The number of hydrogen-bond donors (Lipinski definition) is 2. The van der Waals surface area contributed by atoms with Crippen LogP contribution in [0.3, 0.4) is 0 Å². The van der Waals surface area contributed by atoms with E-state index in [0.29, 0.717) is 17.0 Å². The SMILES string of the molecule is CCC(CNC(=O)c1snnc1C)C(=O)O. The van der Waals surface area contributed by atoms with E-state index >= 15 is 0 Å². The molecule has 16 heavy (non-hydrogen) atoms. The van der Waals surface area contributed by atoms with E-state index < -0.39 is 11.9 Å².